The third-order valence-electron chi connectivity index (χ3n) is 4.10. The monoisotopic (exact) mass is 510 g/mol. The summed E-state index contributed by atoms with van der Waals surface area (Å²) in [6, 6.07) is 5.35. The van der Waals surface area contributed by atoms with Gasteiger partial charge in [-0.15, -0.1) is 0 Å². The van der Waals surface area contributed by atoms with Crippen molar-refractivity contribution in [3.05, 3.63) is 58.7 Å². The summed E-state index contributed by atoms with van der Waals surface area (Å²) < 4.78 is 140. The Morgan fingerprint density at radius 1 is 0.636 bits per heavy atom. The van der Waals surface area contributed by atoms with E-state index in [1.54, 1.807) is 0 Å². The van der Waals surface area contributed by atoms with Gasteiger partial charge in [0.2, 0.25) is 0 Å². The molecule has 0 aliphatic carbocycles. The molecule has 0 aliphatic rings. The van der Waals surface area contributed by atoms with Gasteiger partial charge in [-0.05, 0) is 24.3 Å². The highest BCUT2D eigenvalue weighted by Gasteiger charge is 2.36. The first kappa shape index (κ1) is 26.9. The fraction of sp³-hybridized carbons (Fsp3) is 0.400. The quantitative estimate of drug-likeness (QED) is 0.310. The summed E-state index contributed by atoms with van der Waals surface area (Å²) in [6.07, 6.45) is -15.7. The Morgan fingerprint density at radius 2 is 1.00 bits per heavy atom. The third-order valence-corrected chi connectivity index (χ3v) is 5.08. The molecule has 0 N–H and O–H groups in total. The summed E-state index contributed by atoms with van der Waals surface area (Å²) in [6.45, 7) is -2.36. The normalized spacial score (nSPS) is 12.5. The van der Waals surface area contributed by atoms with Crippen LogP contribution in [0.4, 0.5) is 43.9 Å². The zero-order valence-corrected chi connectivity index (χ0v) is 17.3. The molecule has 2 rings (SSSR count). The lowest BCUT2D eigenvalue weighted by atomic mass is 10.1. The van der Waals surface area contributed by atoms with Crippen molar-refractivity contribution in [3.63, 3.8) is 0 Å². The second-order valence-electron chi connectivity index (χ2n) is 6.46. The summed E-state index contributed by atoms with van der Waals surface area (Å²) >= 11 is 0.582. The first-order valence-corrected chi connectivity index (χ1v) is 10.2. The van der Waals surface area contributed by atoms with E-state index in [2.05, 4.69) is 0 Å². The molecule has 0 atom stereocenters. The fourth-order valence-corrected chi connectivity index (χ4v) is 3.90. The molecule has 2 aromatic rings. The van der Waals surface area contributed by atoms with Crippen LogP contribution in [-0.4, -0.2) is 26.1 Å². The summed E-state index contributed by atoms with van der Waals surface area (Å²) in [5, 5.41) is 0. The van der Waals surface area contributed by atoms with Crippen molar-refractivity contribution in [2.45, 2.75) is 36.7 Å². The average Bonchev–Trinajstić information content (AvgIpc) is 2.69. The van der Waals surface area contributed by atoms with Crippen LogP contribution in [-0.2, 0) is 23.9 Å². The second kappa shape index (κ2) is 11.2. The highest BCUT2D eigenvalue weighted by molar-refractivity contribution is 7.97. The first-order chi connectivity index (χ1) is 15.3. The van der Waals surface area contributed by atoms with Crippen LogP contribution >= 0.6 is 11.8 Å². The topological polar surface area (TPSA) is 18.5 Å². The molecule has 2 nitrogen and oxygen atoms in total. The van der Waals surface area contributed by atoms with Gasteiger partial charge in [0.05, 0.1) is 11.1 Å². The van der Waals surface area contributed by atoms with E-state index in [0.717, 1.165) is 24.3 Å². The summed E-state index contributed by atoms with van der Waals surface area (Å²) in [4.78, 5) is 0. The Hall–Kier alpha value is -2.31. The van der Waals surface area contributed by atoms with Crippen LogP contribution in [0.1, 0.15) is 22.3 Å². The molecule has 0 bridgehead atoms. The minimum atomic E-state index is -4.88. The molecule has 0 saturated carbocycles. The van der Waals surface area contributed by atoms with Gasteiger partial charge < -0.3 is 9.47 Å². The number of ether oxygens (including phenoxy) is 2. The van der Waals surface area contributed by atoms with Crippen LogP contribution in [0.15, 0.2) is 36.4 Å². The van der Waals surface area contributed by atoms with E-state index >= 15 is 0 Å². The molecule has 184 valence electrons. The molecule has 0 unspecified atom stereocenters. The lowest BCUT2D eigenvalue weighted by molar-refractivity contribution is -0.139. The Kier molecular flexibility index (Phi) is 9.15. The number of hydrogen-bond acceptors (Lipinski definition) is 3. The Labute approximate surface area is 185 Å². The fourth-order valence-electron chi connectivity index (χ4n) is 2.79. The van der Waals surface area contributed by atoms with E-state index in [9.17, 15) is 43.9 Å². The molecule has 0 spiro atoms. The van der Waals surface area contributed by atoms with Crippen molar-refractivity contribution in [2.24, 2.45) is 0 Å². The average molecular weight is 510 g/mol. The predicted octanol–water partition coefficient (Wildman–Crippen LogP) is 7.45. The minimum absolute atomic E-state index is 0.490. The van der Waals surface area contributed by atoms with Crippen molar-refractivity contribution in [1.82, 2.24) is 0 Å². The lowest BCUT2D eigenvalue weighted by Gasteiger charge is -2.19. The summed E-state index contributed by atoms with van der Waals surface area (Å²) in [7, 11) is 0. The van der Waals surface area contributed by atoms with Crippen LogP contribution in [0.5, 0.6) is 11.5 Å². The molecular weight excluding hydrogens is 494 g/mol. The molecule has 13 heteroatoms. The van der Waals surface area contributed by atoms with Crippen molar-refractivity contribution >= 4 is 11.8 Å². The van der Waals surface area contributed by atoms with Gasteiger partial charge in [-0.2, -0.15) is 38.1 Å². The largest absolute Gasteiger partial charge is 0.487 e. The lowest BCUT2D eigenvalue weighted by Crippen LogP contribution is -2.14. The number of thioether (sulfide) groups is 1. The maximum absolute atomic E-state index is 13.4. The number of rotatable bonds is 10. The number of halogens is 10. The molecule has 2 aromatic carbocycles. The van der Waals surface area contributed by atoms with Crippen LogP contribution in [0, 0.1) is 0 Å². The Balaban J connectivity index is 2.34. The van der Waals surface area contributed by atoms with Gasteiger partial charge in [-0.3, -0.25) is 0 Å². The van der Waals surface area contributed by atoms with Gasteiger partial charge in [-0.1, -0.05) is 12.1 Å². The van der Waals surface area contributed by atoms with E-state index < -0.39 is 83.7 Å². The van der Waals surface area contributed by atoms with Crippen LogP contribution in [0.25, 0.3) is 0 Å². The van der Waals surface area contributed by atoms with Crippen molar-refractivity contribution < 1.29 is 53.4 Å². The van der Waals surface area contributed by atoms with Crippen molar-refractivity contribution in [1.29, 1.82) is 0 Å². The second-order valence-corrected chi connectivity index (χ2v) is 7.44. The summed E-state index contributed by atoms with van der Waals surface area (Å²) in [5.41, 5.74) is -3.45. The number of benzene rings is 2. The van der Waals surface area contributed by atoms with E-state index in [0.29, 0.717) is 23.9 Å². The zero-order valence-electron chi connectivity index (χ0n) is 16.5. The maximum Gasteiger partial charge on any atom is 0.416 e. The Bertz CT molecular complexity index is 839. The van der Waals surface area contributed by atoms with Gasteiger partial charge in [0.15, 0.2) is 0 Å². The van der Waals surface area contributed by atoms with Gasteiger partial charge in [0.25, 0.3) is 12.9 Å². The summed E-state index contributed by atoms with van der Waals surface area (Å²) in [5.74, 6) is -2.10. The zero-order chi connectivity index (χ0) is 24.8. The van der Waals surface area contributed by atoms with E-state index in [1.165, 1.54) is 0 Å². The maximum atomic E-state index is 13.4. The van der Waals surface area contributed by atoms with Crippen LogP contribution in [0.3, 0.4) is 0 Å². The van der Waals surface area contributed by atoms with Gasteiger partial charge in [-0.25, -0.2) is 17.6 Å². The highest BCUT2D eigenvalue weighted by atomic mass is 32.2. The van der Waals surface area contributed by atoms with Gasteiger partial charge in [0, 0.05) is 22.6 Å². The van der Waals surface area contributed by atoms with E-state index in [1.807, 2.05) is 0 Å². The van der Waals surface area contributed by atoms with Crippen molar-refractivity contribution in [2.75, 3.05) is 13.2 Å². The highest BCUT2D eigenvalue weighted by Crippen LogP contribution is 2.41. The molecule has 0 aliphatic heterocycles. The van der Waals surface area contributed by atoms with Gasteiger partial charge >= 0.3 is 12.4 Å². The molecule has 0 saturated heterocycles. The van der Waals surface area contributed by atoms with E-state index in [4.69, 9.17) is 9.47 Å². The van der Waals surface area contributed by atoms with Crippen LogP contribution < -0.4 is 9.47 Å². The smallest absolute Gasteiger partial charge is 0.416 e. The molecule has 0 amide bonds. The SMILES string of the molecule is FC(F)COc1cccc(C(F)(F)F)c1CSCc1c(OCC(F)F)cccc1C(F)(F)F. The first-order valence-electron chi connectivity index (χ1n) is 9.08. The Morgan fingerprint density at radius 3 is 1.30 bits per heavy atom. The standard InChI is InChI=1S/C20H16F10O2S/c21-17(22)7-31-15-5-1-3-13(19(25,26)27)11(15)9-33-10-12-14(20(28,29)30)4-2-6-16(12)32-8-18(23)24/h1-6,17-18H,7-10H2. The molecule has 0 fully saturated rings. The molecule has 0 aromatic heterocycles. The third kappa shape index (κ3) is 7.90. The predicted molar refractivity (Wildman–Crippen MR) is 101 cm³/mol. The molecule has 0 heterocycles. The number of alkyl halides is 10. The molecule has 0 radical (unpaired) electrons. The minimum Gasteiger partial charge on any atom is -0.487 e. The molecular formula is C20H16F10O2S. The van der Waals surface area contributed by atoms with Crippen molar-refractivity contribution in [3.8, 4) is 11.5 Å². The van der Waals surface area contributed by atoms with Gasteiger partial charge in [0.1, 0.15) is 24.7 Å². The number of hydrogen-bond donors (Lipinski definition) is 0. The van der Waals surface area contributed by atoms with E-state index in [-0.39, 0.29) is 0 Å². The molecule has 33 heavy (non-hydrogen) atoms. The van der Waals surface area contributed by atoms with Crippen LogP contribution in [0.2, 0.25) is 0 Å².